The lowest BCUT2D eigenvalue weighted by Crippen LogP contribution is -2.22. The van der Waals surface area contributed by atoms with Gasteiger partial charge >= 0.3 is 6.18 Å². The molecule has 2 aromatic carbocycles. The van der Waals surface area contributed by atoms with Gasteiger partial charge in [0.2, 0.25) is 0 Å². The highest BCUT2D eigenvalue weighted by molar-refractivity contribution is 5.66. The number of nitrogens with two attached hydrogens (primary N) is 1. The molecule has 3 aromatic rings. The standard InChI is InChI=1S/C18H15F4N3O.C6H13N/c1-23-17-10-16(11-3-8-14(15(19)9-11)18(20,21)22)25(24-17)12-4-6-13(26-2)7-5-12;7-6-4-2-1-3-5-6/h3-10H,1-2H3,(H,23,24);6H,1-5,7H2. The molecule has 0 radical (unpaired) electrons. The Kier molecular flexibility index (Phi) is 7.97. The molecule has 178 valence electrons. The molecule has 1 fully saturated rings. The van der Waals surface area contributed by atoms with Crippen LogP contribution in [0.4, 0.5) is 23.4 Å². The second kappa shape index (κ2) is 10.7. The normalized spacial score (nSPS) is 14.4. The van der Waals surface area contributed by atoms with Crippen LogP contribution >= 0.6 is 0 Å². The molecule has 9 heteroatoms. The van der Waals surface area contributed by atoms with E-state index in [4.69, 9.17) is 10.5 Å². The Morgan fingerprint density at radius 3 is 2.18 bits per heavy atom. The molecule has 5 nitrogen and oxygen atoms in total. The number of alkyl halides is 3. The Hall–Kier alpha value is -3.07. The molecule has 0 spiro atoms. The quantitative estimate of drug-likeness (QED) is 0.463. The van der Waals surface area contributed by atoms with Crippen LogP contribution in [0.25, 0.3) is 16.9 Å². The Balaban J connectivity index is 0.000000374. The molecule has 0 amide bonds. The first-order valence-corrected chi connectivity index (χ1v) is 10.8. The lowest BCUT2D eigenvalue weighted by atomic mass is 9.97. The van der Waals surface area contributed by atoms with E-state index in [9.17, 15) is 17.6 Å². The first-order chi connectivity index (χ1) is 15.7. The molecule has 0 aliphatic heterocycles. The number of nitrogens with zero attached hydrogens (tertiary/aromatic N) is 2. The van der Waals surface area contributed by atoms with Crippen LogP contribution in [-0.2, 0) is 6.18 Å². The largest absolute Gasteiger partial charge is 0.497 e. The molecule has 0 unspecified atom stereocenters. The lowest BCUT2D eigenvalue weighted by Gasteiger charge is -2.15. The average Bonchev–Trinajstić information content (AvgIpc) is 3.24. The zero-order valence-electron chi connectivity index (χ0n) is 18.6. The van der Waals surface area contributed by atoms with Gasteiger partial charge in [-0.3, -0.25) is 0 Å². The summed E-state index contributed by atoms with van der Waals surface area (Å²) in [4.78, 5) is 0. The summed E-state index contributed by atoms with van der Waals surface area (Å²) < 4.78 is 58.9. The highest BCUT2D eigenvalue weighted by Gasteiger charge is 2.34. The summed E-state index contributed by atoms with van der Waals surface area (Å²) in [5, 5.41) is 7.22. The average molecular weight is 465 g/mol. The summed E-state index contributed by atoms with van der Waals surface area (Å²) >= 11 is 0. The van der Waals surface area contributed by atoms with Gasteiger partial charge in [-0.15, -0.1) is 5.10 Å². The summed E-state index contributed by atoms with van der Waals surface area (Å²) in [6.07, 6.45) is 1.92. The second-order valence-electron chi connectivity index (χ2n) is 7.87. The maximum Gasteiger partial charge on any atom is 0.419 e. The SMILES string of the molecule is CNc1cc(-c2ccc(C(F)(F)F)c(F)c2)n(-c2ccc(OC)cc2)n1.NC1CCCCC1. The molecule has 1 aliphatic rings. The fourth-order valence-electron chi connectivity index (χ4n) is 3.67. The number of hydrogen-bond acceptors (Lipinski definition) is 4. The first-order valence-electron chi connectivity index (χ1n) is 10.8. The molecule has 1 aromatic heterocycles. The third-order valence-corrected chi connectivity index (χ3v) is 5.50. The van der Waals surface area contributed by atoms with Crippen molar-refractivity contribution in [2.75, 3.05) is 19.5 Å². The minimum absolute atomic E-state index is 0.278. The lowest BCUT2D eigenvalue weighted by molar-refractivity contribution is -0.139. The number of benzene rings is 2. The fraction of sp³-hybridized carbons (Fsp3) is 0.375. The Morgan fingerprint density at radius 1 is 1.03 bits per heavy atom. The molecule has 0 bridgehead atoms. The van der Waals surface area contributed by atoms with Crippen molar-refractivity contribution in [3.8, 4) is 22.7 Å². The predicted octanol–water partition coefficient (Wildman–Crippen LogP) is 6.03. The molecular weight excluding hydrogens is 436 g/mol. The van der Waals surface area contributed by atoms with Crippen LogP contribution in [0.2, 0.25) is 0 Å². The van der Waals surface area contributed by atoms with Crippen molar-refractivity contribution in [1.29, 1.82) is 0 Å². The van der Waals surface area contributed by atoms with E-state index in [0.717, 1.165) is 12.1 Å². The first kappa shape index (κ1) is 24.6. The van der Waals surface area contributed by atoms with Crippen molar-refractivity contribution >= 4 is 5.82 Å². The van der Waals surface area contributed by atoms with Crippen molar-refractivity contribution < 1.29 is 22.3 Å². The van der Waals surface area contributed by atoms with E-state index >= 15 is 0 Å². The number of ether oxygens (including phenoxy) is 1. The highest BCUT2D eigenvalue weighted by atomic mass is 19.4. The van der Waals surface area contributed by atoms with Crippen molar-refractivity contribution in [3.63, 3.8) is 0 Å². The maximum atomic E-state index is 14.0. The van der Waals surface area contributed by atoms with Crippen LogP contribution in [0.1, 0.15) is 37.7 Å². The Bertz CT molecular complexity index is 1040. The van der Waals surface area contributed by atoms with Gasteiger partial charge < -0.3 is 15.8 Å². The van der Waals surface area contributed by atoms with Crippen LogP contribution in [-0.4, -0.2) is 30.0 Å². The van der Waals surface area contributed by atoms with Gasteiger partial charge in [-0.1, -0.05) is 25.3 Å². The summed E-state index contributed by atoms with van der Waals surface area (Å²) in [6.45, 7) is 0. The Labute approximate surface area is 190 Å². The highest BCUT2D eigenvalue weighted by Crippen LogP contribution is 2.34. The van der Waals surface area contributed by atoms with Gasteiger partial charge in [-0.25, -0.2) is 9.07 Å². The van der Waals surface area contributed by atoms with Crippen LogP contribution < -0.4 is 15.8 Å². The predicted molar refractivity (Wildman–Crippen MR) is 121 cm³/mol. The smallest absolute Gasteiger partial charge is 0.419 e. The number of hydrogen-bond donors (Lipinski definition) is 2. The van der Waals surface area contributed by atoms with E-state index in [1.807, 2.05) is 0 Å². The maximum absolute atomic E-state index is 14.0. The Morgan fingerprint density at radius 2 is 1.70 bits per heavy atom. The van der Waals surface area contributed by atoms with Crippen LogP contribution in [0, 0.1) is 5.82 Å². The van der Waals surface area contributed by atoms with E-state index < -0.39 is 17.6 Å². The third-order valence-electron chi connectivity index (χ3n) is 5.50. The molecule has 1 saturated carbocycles. The van der Waals surface area contributed by atoms with Gasteiger partial charge in [0.05, 0.1) is 24.1 Å². The molecule has 0 atom stereocenters. The number of rotatable bonds is 4. The van der Waals surface area contributed by atoms with Gasteiger partial charge in [0.1, 0.15) is 17.4 Å². The van der Waals surface area contributed by atoms with E-state index in [1.54, 1.807) is 44.5 Å². The van der Waals surface area contributed by atoms with Crippen molar-refractivity contribution in [3.05, 3.63) is 59.9 Å². The van der Waals surface area contributed by atoms with Crippen LogP contribution in [0.3, 0.4) is 0 Å². The second-order valence-corrected chi connectivity index (χ2v) is 7.87. The summed E-state index contributed by atoms with van der Waals surface area (Å²) in [6, 6.07) is 11.9. The molecular formula is C24H28F4N4O. The van der Waals surface area contributed by atoms with E-state index in [2.05, 4.69) is 10.4 Å². The molecule has 4 rings (SSSR count). The minimum atomic E-state index is -4.74. The van der Waals surface area contributed by atoms with Gasteiger partial charge in [-0.05, 0) is 49.2 Å². The fourth-order valence-corrected chi connectivity index (χ4v) is 3.67. The molecule has 0 saturated heterocycles. The minimum Gasteiger partial charge on any atom is -0.497 e. The van der Waals surface area contributed by atoms with Crippen LogP contribution in [0.5, 0.6) is 5.75 Å². The number of anilines is 1. The van der Waals surface area contributed by atoms with Crippen molar-refractivity contribution in [1.82, 2.24) is 9.78 Å². The molecule has 1 aliphatic carbocycles. The number of aromatic nitrogens is 2. The van der Waals surface area contributed by atoms with E-state index in [-0.39, 0.29) is 5.56 Å². The zero-order chi connectivity index (χ0) is 24.0. The van der Waals surface area contributed by atoms with E-state index in [1.165, 1.54) is 42.9 Å². The van der Waals surface area contributed by atoms with Gasteiger partial charge in [0.15, 0.2) is 0 Å². The number of methoxy groups -OCH3 is 1. The molecule has 33 heavy (non-hydrogen) atoms. The van der Waals surface area contributed by atoms with Gasteiger partial charge in [-0.2, -0.15) is 13.2 Å². The number of halogens is 4. The van der Waals surface area contributed by atoms with Gasteiger partial charge in [0, 0.05) is 24.7 Å². The van der Waals surface area contributed by atoms with Crippen molar-refractivity contribution in [2.24, 2.45) is 5.73 Å². The summed E-state index contributed by atoms with van der Waals surface area (Å²) in [5.41, 5.74) is 5.72. The zero-order valence-corrected chi connectivity index (χ0v) is 18.6. The number of nitrogens with one attached hydrogen (secondary N) is 1. The summed E-state index contributed by atoms with van der Waals surface area (Å²) in [5.74, 6) is -0.184. The molecule has 3 N–H and O–H groups in total. The van der Waals surface area contributed by atoms with Gasteiger partial charge in [0.25, 0.3) is 0 Å². The summed E-state index contributed by atoms with van der Waals surface area (Å²) in [7, 11) is 3.20. The van der Waals surface area contributed by atoms with Crippen LogP contribution in [0.15, 0.2) is 48.5 Å². The van der Waals surface area contributed by atoms with E-state index in [0.29, 0.717) is 29.0 Å². The monoisotopic (exact) mass is 464 g/mol. The third kappa shape index (κ3) is 6.25. The topological polar surface area (TPSA) is 65.1 Å². The van der Waals surface area contributed by atoms with Crippen molar-refractivity contribution in [2.45, 2.75) is 44.3 Å². The molecule has 1 heterocycles.